The third-order valence-corrected chi connectivity index (χ3v) is 17.4. The number of nitrogens with one attached hydrogen (secondary N) is 1. The van der Waals surface area contributed by atoms with Crippen molar-refractivity contribution in [2.75, 3.05) is 53.0 Å². The van der Waals surface area contributed by atoms with Crippen LogP contribution < -0.4 is 30.3 Å². The van der Waals surface area contributed by atoms with Crippen LogP contribution in [0.4, 0.5) is 17.1 Å². The minimum Gasteiger partial charge on any atom is -0.497 e. The molecule has 7 rings (SSSR count). The summed E-state index contributed by atoms with van der Waals surface area (Å²) in [6, 6.07) is 41.4. The molecule has 1 N–H and O–H groups in total. The molecule has 4 atom stereocenters. The Morgan fingerprint density at radius 2 is 1.35 bits per heavy atom. The second-order valence-corrected chi connectivity index (χ2v) is 23.4. The average molecular weight is 1130 g/mol. The standard InChI is InChI=1S/C60H75N8O10PS/c1-43(2)68(44(3)4)79(76-39-17-36-61)78-55-40-57(77-56(55)42-75-60(46-18-13-12-14-19-46,47-20-30-52(73-8)31-21-47)48-22-32-53(74-9)33-23-48)67-41-45(5)58(69)66(59(67)70)38-16-11-10-15-37-62-80(71,72)54-34-26-50(27-35-54)64-63-49-24-28-51(29-25-49)65(6)7/h12-14,18-35,41,43-44,55-57,62H,10-11,15-17,37-40,42H2,1-9H3. The van der Waals surface area contributed by atoms with E-state index in [1.54, 1.807) is 39.5 Å². The minimum atomic E-state index is -3.78. The summed E-state index contributed by atoms with van der Waals surface area (Å²) in [4.78, 5) is 30.4. The minimum absolute atomic E-state index is 0.0101. The lowest BCUT2D eigenvalue weighted by molar-refractivity contribution is -0.0927. The number of azo groups is 1. The second-order valence-electron chi connectivity index (χ2n) is 20.2. The van der Waals surface area contributed by atoms with Gasteiger partial charge in [0.15, 0.2) is 0 Å². The molecule has 1 saturated heterocycles. The zero-order valence-corrected chi connectivity index (χ0v) is 48.9. The molecule has 1 aromatic heterocycles. The van der Waals surface area contributed by atoms with Crippen molar-refractivity contribution < 1.29 is 36.4 Å². The number of unbranched alkanes of at least 4 members (excludes halogenated alkanes) is 3. The summed E-state index contributed by atoms with van der Waals surface area (Å²) in [5.74, 6) is 1.35. The number of benzene rings is 5. The summed E-state index contributed by atoms with van der Waals surface area (Å²) in [7, 11) is 1.61. The van der Waals surface area contributed by atoms with E-state index in [4.69, 9.17) is 28.0 Å². The largest absolute Gasteiger partial charge is 0.497 e. The summed E-state index contributed by atoms with van der Waals surface area (Å²) >= 11 is 0. The maximum Gasteiger partial charge on any atom is 0.333 e. The Hall–Kier alpha value is -6.59. The van der Waals surface area contributed by atoms with Gasteiger partial charge in [0, 0.05) is 63.1 Å². The zero-order chi connectivity index (χ0) is 57.4. The van der Waals surface area contributed by atoms with Gasteiger partial charge in [-0.15, -0.1) is 0 Å². The highest BCUT2D eigenvalue weighted by molar-refractivity contribution is 7.89. The fourth-order valence-corrected chi connectivity index (χ4v) is 12.5. The van der Waals surface area contributed by atoms with E-state index in [1.165, 1.54) is 21.3 Å². The van der Waals surface area contributed by atoms with Crippen LogP contribution in [0.25, 0.3) is 0 Å². The van der Waals surface area contributed by atoms with Crippen LogP contribution in [0.2, 0.25) is 0 Å². The van der Waals surface area contributed by atoms with Gasteiger partial charge in [-0.05, 0) is 137 Å². The van der Waals surface area contributed by atoms with Crippen LogP contribution in [0.1, 0.15) is 94.7 Å². The van der Waals surface area contributed by atoms with E-state index < -0.39 is 53.8 Å². The first kappa shape index (κ1) is 61.0. The van der Waals surface area contributed by atoms with Gasteiger partial charge in [-0.2, -0.15) is 15.5 Å². The fourth-order valence-electron chi connectivity index (χ4n) is 9.65. The summed E-state index contributed by atoms with van der Waals surface area (Å²) in [5.41, 5.74) is 2.95. The van der Waals surface area contributed by atoms with Gasteiger partial charge in [-0.25, -0.2) is 22.6 Å². The molecule has 0 bridgehead atoms. The highest BCUT2D eigenvalue weighted by Gasteiger charge is 2.45. The molecule has 18 nitrogen and oxygen atoms in total. The Kier molecular flexibility index (Phi) is 21.9. The van der Waals surface area contributed by atoms with Gasteiger partial charge in [0.1, 0.15) is 29.4 Å². The van der Waals surface area contributed by atoms with Crippen molar-refractivity contribution in [1.82, 2.24) is 18.5 Å². The Labute approximate surface area is 471 Å². The predicted molar refractivity (Wildman–Crippen MR) is 312 cm³/mol. The van der Waals surface area contributed by atoms with E-state index in [0.29, 0.717) is 54.1 Å². The zero-order valence-electron chi connectivity index (χ0n) is 47.2. The molecule has 0 aliphatic carbocycles. The van der Waals surface area contributed by atoms with Gasteiger partial charge < -0.3 is 32.9 Å². The van der Waals surface area contributed by atoms with E-state index >= 15 is 0 Å². The molecule has 5 aromatic carbocycles. The topological polar surface area (TPSA) is 201 Å². The number of hydrogen-bond donors (Lipinski definition) is 1. The molecule has 1 aliphatic heterocycles. The Morgan fingerprint density at radius 3 is 1.90 bits per heavy atom. The van der Waals surface area contributed by atoms with Crippen molar-refractivity contribution in [2.24, 2.45) is 10.2 Å². The van der Waals surface area contributed by atoms with Gasteiger partial charge in [0.2, 0.25) is 10.0 Å². The smallest absolute Gasteiger partial charge is 0.333 e. The first-order valence-corrected chi connectivity index (χ1v) is 29.6. The number of ether oxygens (including phenoxy) is 4. The molecule has 0 saturated carbocycles. The number of methoxy groups -OCH3 is 2. The number of anilines is 1. The van der Waals surface area contributed by atoms with Gasteiger partial charge >= 0.3 is 5.69 Å². The van der Waals surface area contributed by atoms with Crippen LogP contribution in [0, 0.1) is 18.3 Å². The maximum absolute atomic E-state index is 14.6. The van der Waals surface area contributed by atoms with Crippen molar-refractivity contribution in [2.45, 2.75) is 121 Å². The van der Waals surface area contributed by atoms with E-state index in [0.717, 1.165) is 22.4 Å². The van der Waals surface area contributed by atoms with Crippen LogP contribution in [-0.4, -0.2) is 94.6 Å². The van der Waals surface area contributed by atoms with E-state index in [9.17, 15) is 23.3 Å². The van der Waals surface area contributed by atoms with Gasteiger partial charge in [-0.1, -0.05) is 67.4 Å². The molecule has 80 heavy (non-hydrogen) atoms. The lowest BCUT2D eigenvalue weighted by Gasteiger charge is -2.39. The number of rotatable bonds is 29. The van der Waals surface area contributed by atoms with Crippen molar-refractivity contribution in [1.29, 1.82) is 5.26 Å². The van der Waals surface area contributed by atoms with E-state index in [-0.39, 0.29) is 56.1 Å². The highest BCUT2D eigenvalue weighted by Crippen LogP contribution is 2.51. The SMILES string of the molecule is COc1ccc(C(OCC2OC(n3cc(C)c(=O)n(CCCCCCNS(=O)(=O)c4ccc(N=Nc5ccc(N(C)C)cc5)cc4)c3=O)CC2OP(OCCC#N)N(C(C)C)C(C)C)(c2ccccc2)c2ccc(OC)cc2)cc1. The average Bonchev–Trinajstić information content (AvgIpc) is 3.86. The molecule has 426 valence electrons. The molecule has 0 spiro atoms. The molecule has 2 heterocycles. The number of hydrogen-bond acceptors (Lipinski definition) is 15. The Bertz CT molecular complexity index is 3170. The summed E-state index contributed by atoms with van der Waals surface area (Å²) in [6.45, 7) is 10.4. The molecule has 4 unspecified atom stereocenters. The summed E-state index contributed by atoms with van der Waals surface area (Å²) in [5, 5.41) is 18.0. The van der Waals surface area contributed by atoms with Crippen LogP contribution in [0.3, 0.4) is 0 Å². The first-order valence-electron chi connectivity index (χ1n) is 27.0. The number of sulfonamides is 1. The normalized spacial score (nSPS) is 16.2. The maximum atomic E-state index is 14.6. The van der Waals surface area contributed by atoms with Crippen molar-refractivity contribution in [3.8, 4) is 17.6 Å². The number of nitriles is 1. The first-order chi connectivity index (χ1) is 38.5. The van der Waals surface area contributed by atoms with Gasteiger partial charge in [0.25, 0.3) is 14.1 Å². The van der Waals surface area contributed by atoms with Crippen molar-refractivity contribution in [3.05, 3.63) is 177 Å². The number of nitrogens with zero attached hydrogens (tertiary/aromatic N) is 7. The van der Waals surface area contributed by atoms with Crippen LogP contribution in [0.5, 0.6) is 11.5 Å². The molecular weight excluding hydrogens is 1060 g/mol. The molecule has 6 aromatic rings. The third kappa shape index (κ3) is 15.2. The number of aromatic nitrogens is 2. The Morgan fingerprint density at radius 1 is 0.787 bits per heavy atom. The third-order valence-electron chi connectivity index (χ3n) is 13.8. The Balaban J connectivity index is 1.08. The predicted octanol–water partition coefficient (Wildman–Crippen LogP) is 11.3. The highest BCUT2D eigenvalue weighted by atomic mass is 32.2. The monoisotopic (exact) mass is 1130 g/mol. The molecule has 0 radical (unpaired) electrons. The fraction of sp³-hybridized carbons (Fsp3) is 0.417. The molecule has 1 fully saturated rings. The van der Waals surface area contributed by atoms with Crippen LogP contribution in [-0.2, 0) is 40.7 Å². The van der Waals surface area contributed by atoms with Crippen LogP contribution >= 0.6 is 8.53 Å². The van der Waals surface area contributed by atoms with E-state index in [2.05, 4.69) is 53.4 Å². The van der Waals surface area contributed by atoms with Crippen molar-refractivity contribution in [3.63, 3.8) is 0 Å². The molecule has 20 heteroatoms. The van der Waals surface area contributed by atoms with Gasteiger partial charge in [-0.3, -0.25) is 13.9 Å². The second kappa shape index (κ2) is 28.7. The van der Waals surface area contributed by atoms with E-state index in [1.807, 2.05) is 122 Å². The molecule has 1 aliphatic rings. The lowest BCUT2D eigenvalue weighted by atomic mass is 9.80. The van der Waals surface area contributed by atoms with Crippen LogP contribution in [0.15, 0.2) is 158 Å². The summed E-state index contributed by atoms with van der Waals surface area (Å²) in [6.07, 6.45) is 1.91. The number of aryl methyl sites for hydroxylation is 1. The molecular formula is C60H75N8O10PS. The quantitative estimate of drug-likeness (QED) is 0.0201. The molecule has 0 amide bonds. The lowest BCUT2D eigenvalue weighted by Crippen LogP contribution is -2.42. The van der Waals surface area contributed by atoms with Crippen molar-refractivity contribution >= 4 is 35.6 Å². The van der Waals surface area contributed by atoms with Gasteiger partial charge in [0.05, 0.1) is 62.3 Å². The summed E-state index contributed by atoms with van der Waals surface area (Å²) < 4.78 is 72.8.